The van der Waals surface area contributed by atoms with Crippen LogP contribution in [-0.4, -0.2) is 38.0 Å². The number of rotatable bonds is 8. The Morgan fingerprint density at radius 1 is 0.941 bits per heavy atom. The summed E-state index contributed by atoms with van der Waals surface area (Å²) in [6.07, 6.45) is 3.20. The molecule has 0 radical (unpaired) electrons. The first-order chi connectivity index (χ1) is 8.17. The van der Waals surface area contributed by atoms with Crippen LogP contribution in [0.15, 0.2) is 0 Å². The molecule has 0 N–H and O–H groups in total. The summed E-state index contributed by atoms with van der Waals surface area (Å²) in [5.41, 5.74) is -0.815. The van der Waals surface area contributed by atoms with Crippen molar-refractivity contribution in [3.8, 4) is 0 Å². The van der Waals surface area contributed by atoms with E-state index in [4.69, 9.17) is 9.47 Å². The highest BCUT2D eigenvalue weighted by Crippen LogP contribution is 2.40. The minimum Gasteiger partial charge on any atom is -0.374 e. The zero-order valence-electron chi connectivity index (χ0n) is 10.8. The van der Waals surface area contributed by atoms with E-state index in [1.165, 1.54) is 0 Å². The fourth-order valence-corrected chi connectivity index (χ4v) is 2.36. The third-order valence-electron chi connectivity index (χ3n) is 3.40. The molecule has 1 saturated carbocycles. The van der Waals surface area contributed by atoms with Crippen LogP contribution in [0.3, 0.4) is 0 Å². The Morgan fingerprint density at radius 3 is 1.71 bits per heavy atom. The molecule has 1 fully saturated rings. The standard InChI is InChI=1S/C13H22O4/c1-3-16-9-11(14)13(7-5-6-8-13)12(15)10-17-4-2/h3-10H2,1-2H3. The van der Waals surface area contributed by atoms with Crippen LogP contribution in [0.4, 0.5) is 0 Å². The molecule has 0 heterocycles. The quantitative estimate of drug-likeness (QED) is 0.609. The number of carbonyl (C=O) groups excluding carboxylic acids is 2. The van der Waals surface area contributed by atoms with Gasteiger partial charge in [0.15, 0.2) is 11.6 Å². The van der Waals surface area contributed by atoms with E-state index in [2.05, 4.69) is 0 Å². The molecule has 0 spiro atoms. The molecule has 0 atom stereocenters. The number of ether oxygens (including phenoxy) is 2. The highest BCUT2D eigenvalue weighted by atomic mass is 16.5. The zero-order chi connectivity index (χ0) is 12.7. The van der Waals surface area contributed by atoms with Gasteiger partial charge in [0.1, 0.15) is 13.2 Å². The van der Waals surface area contributed by atoms with E-state index in [0.29, 0.717) is 26.1 Å². The second kappa shape index (κ2) is 6.87. The fraction of sp³-hybridized carbons (Fsp3) is 0.846. The average Bonchev–Trinajstić information content (AvgIpc) is 2.83. The number of hydrogen-bond donors (Lipinski definition) is 0. The smallest absolute Gasteiger partial charge is 0.172 e. The predicted octanol–water partition coefficient (Wildman–Crippen LogP) is 1.76. The van der Waals surface area contributed by atoms with Crippen molar-refractivity contribution in [2.45, 2.75) is 39.5 Å². The Balaban J connectivity index is 2.67. The molecule has 17 heavy (non-hydrogen) atoms. The minimum atomic E-state index is -0.815. The van der Waals surface area contributed by atoms with Crippen LogP contribution in [0.25, 0.3) is 0 Å². The molecular weight excluding hydrogens is 220 g/mol. The highest BCUT2D eigenvalue weighted by molar-refractivity contribution is 6.08. The maximum absolute atomic E-state index is 12.1. The number of hydrogen-bond acceptors (Lipinski definition) is 4. The third-order valence-corrected chi connectivity index (χ3v) is 3.40. The summed E-state index contributed by atoms with van der Waals surface area (Å²) < 4.78 is 10.3. The minimum absolute atomic E-state index is 0.0500. The van der Waals surface area contributed by atoms with Crippen molar-refractivity contribution < 1.29 is 19.1 Å². The Hall–Kier alpha value is -0.740. The van der Waals surface area contributed by atoms with Gasteiger partial charge in [-0.15, -0.1) is 0 Å². The van der Waals surface area contributed by atoms with E-state index < -0.39 is 5.41 Å². The van der Waals surface area contributed by atoms with Gasteiger partial charge >= 0.3 is 0 Å². The summed E-state index contributed by atoms with van der Waals surface area (Å²) in [5, 5.41) is 0. The summed E-state index contributed by atoms with van der Waals surface area (Å²) in [7, 11) is 0. The molecule has 0 saturated heterocycles. The predicted molar refractivity (Wildman–Crippen MR) is 63.9 cm³/mol. The summed E-state index contributed by atoms with van der Waals surface area (Å²) in [6.45, 7) is 4.79. The monoisotopic (exact) mass is 242 g/mol. The molecular formula is C13H22O4. The lowest BCUT2D eigenvalue weighted by Gasteiger charge is -2.25. The van der Waals surface area contributed by atoms with Gasteiger partial charge in [0.2, 0.25) is 0 Å². The van der Waals surface area contributed by atoms with Gasteiger partial charge in [-0.1, -0.05) is 12.8 Å². The molecule has 0 aromatic heterocycles. The summed E-state index contributed by atoms with van der Waals surface area (Å²) in [4.78, 5) is 24.3. The number of ketones is 2. The maximum atomic E-state index is 12.1. The van der Waals surface area contributed by atoms with Crippen LogP contribution >= 0.6 is 0 Å². The normalized spacial score (nSPS) is 18.2. The first-order valence-electron chi connectivity index (χ1n) is 6.39. The van der Waals surface area contributed by atoms with Gasteiger partial charge in [0.05, 0.1) is 5.41 Å². The molecule has 0 amide bonds. The molecule has 4 nitrogen and oxygen atoms in total. The van der Waals surface area contributed by atoms with Crippen LogP contribution in [-0.2, 0) is 19.1 Å². The second-order valence-electron chi connectivity index (χ2n) is 4.41. The lowest BCUT2D eigenvalue weighted by atomic mass is 9.78. The van der Waals surface area contributed by atoms with Crippen molar-refractivity contribution >= 4 is 11.6 Å². The first kappa shape index (κ1) is 14.3. The van der Waals surface area contributed by atoms with Gasteiger partial charge in [0, 0.05) is 13.2 Å². The van der Waals surface area contributed by atoms with Gasteiger partial charge < -0.3 is 9.47 Å². The van der Waals surface area contributed by atoms with Gasteiger partial charge in [-0.3, -0.25) is 9.59 Å². The molecule has 0 bridgehead atoms. The Labute approximate surface area is 103 Å². The zero-order valence-corrected chi connectivity index (χ0v) is 10.8. The molecule has 0 unspecified atom stereocenters. The Kier molecular flexibility index (Phi) is 5.78. The van der Waals surface area contributed by atoms with Crippen LogP contribution in [0.5, 0.6) is 0 Å². The van der Waals surface area contributed by atoms with Gasteiger partial charge in [-0.05, 0) is 26.7 Å². The molecule has 0 aliphatic heterocycles. The van der Waals surface area contributed by atoms with E-state index >= 15 is 0 Å². The molecule has 4 heteroatoms. The van der Waals surface area contributed by atoms with Gasteiger partial charge in [0.25, 0.3) is 0 Å². The number of carbonyl (C=O) groups is 2. The van der Waals surface area contributed by atoms with E-state index in [0.717, 1.165) is 12.8 Å². The summed E-state index contributed by atoms with van der Waals surface area (Å²) in [6, 6.07) is 0. The second-order valence-corrected chi connectivity index (χ2v) is 4.41. The molecule has 98 valence electrons. The molecule has 0 aromatic rings. The average molecular weight is 242 g/mol. The molecule has 1 rings (SSSR count). The van der Waals surface area contributed by atoms with Crippen LogP contribution in [0.2, 0.25) is 0 Å². The van der Waals surface area contributed by atoms with Crippen molar-refractivity contribution in [3.05, 3.63) is 0 Å². The highest BCUT2D eigenvalue weighted by Gasteiger charge is 2.46. The van der Waals surface area contributed by atoms with E-state index in [1.54, 1.807) is 0 Å². The van der Waals surface area contributed by atoms with Crippen molar-refractivity contribution in [1.82, 2.24) is 0 Å². The summed E-state index contributed by atoms with van der Waals surface area (Å²) in [5.74, 6) is -0.136. The van der Waals surface area contributed by atoms with Crippen molar-refractivity contribution in [2.24, 2.45) is 5.41 Å². The lowest BCUT2D eigenvalue weighted by Crippen LogP contribution is -2.41. The number of Topliss-reactive ketones (excluding diaryl/α,β-unsaturated/α-hetero) is 2. The lowest BCUT2D eigenvalue weighted by molar-refractivity contribution is -0.146. The van der Waals surface area contributed by atoms with Crippen molar-refractivity contribution in [1.29, 1.82) is 0 Å². The Bertz CT molecular complexity index is 245. The fourth-order valence-electron chi connectivity index (χ4n) is 2.36. The molecule has 1 aliphatic rings. The summed E-state index contributed by atoms with van der Waals surface area (Å²) >= 11 is 0. The van der Waals surface area contributed by atoms with Gasteiger partial charge in [-0.25, -0.2) is 0 Å². The van der Waals surface area contributed by atoms with Crippen molar-refractivity contribution in [2.75, 3.05) is 26.4 Å². The van der Waals surface area contributed by atoms with E-state index in [-0.39, 0.29) is 24.8 Å². The van der Waals surface area contributed by atoms with Gasteiger partial charge in [-0.2, -0.15) is 0 Å². The molecule has 1 aliphatic carbocycles. The van der Waals surface area contributed by atoms with Crippen LogP contribution in [0, 0.1) is 5.41 Å². The largest absolute Gasteiger partial charge is 0.374 e. The van der Waals surface area contributed by atoms with Crippen molar-refractivity contribution in [3.63, 3.8) is 0 Å². The Morgan fingerprint density at radius 2 is 1.35 bits per heavy atom. The van der Waals surface area contributed by atoms with E-state index in [9.17, 15) is 9.59 Å². The SMILES string of the molecule is CCOCC(=O)C1(C(=O)COCC)CCCC1. The topological polar surface area (TPSA) is 52.6 Å². The third kappa shape index (κ3) is 3.36. The first-order valence-corrected chi connectivity index (χ1v) is 6.39. The van der Waals surface area contributed by atoms with Crippen LogP contribution in [0.1, 0.15) is 39.5 Å². The maximum Gasteiger partial charge on any atom is 0.172 e. The van der Waals surface area contributed by atoms with E-state index in [1.807, 2.05) is 13.8 Å². The molecule has 0 aromatic carbocycles. The van der Waals surface area contributed by atoms with Crippen LogP contribution < -0.4 is 0 Å².